The molecule has 2 aromatic rings. The third-order valence-corrected chi connectivity index (χ3v) is 3.17. The Morgan fingerprint density at radius 2 is 2.13 bits per heavy atom. The van der Waals surface area contributed by atoms with Crippen LogP contribution in [0.3, 0.4) is 0 Å². The van der Waals surface area contributed by atoms with Crippen LogP contribution in [0.2, 0.25) is 5.02 Å². The van der Waals surface area contributed by atoms with Gasteiger partial charge in [0.15, 0.2) is 0 Å². The predicted molar refractivity (Wildman–Crippen MR) is 61.4 cm³/mol. The third-order valence-electron chi connectivity index (χ3n) is 1.95. The Morgan fingerprint density at radius 3 is 2.67 bits per heavy atom. The van der Waals surface area contributed by atoms with Gasteiger partial charge < -0.3 is 0 Å². The van der Waals surface area contributed by atoms with E-state index in [1.807, 2.05) is 17.5 Å². The maximum absolute atomic E-state index is 10.5. The van der Waals surface area contributed by atoms with Gasteiger partial charge in [0.1, 0.15) is 5.02 Å². The van der Waals surface area contributed by atoms with E-state index in [-0.39, 0.29) is 10.7 Å². The highest BCUT2D eigenvalue weighted by Crippen LogP contribution is 2.31. The van der Waals surface area contributed by atoms with E-state index in [0.29, 0.717) is 0 Å². The molecule has 0 aliphatic rings. The van der Waals surface area contributed by atoms with Crippen molar-refractivity contribution in [2.45, 2.75) is 0 Å². The maximum Gasteiger partial charge on any atom is 0.287 e. The van der Waals surface area contributed by atoms with Gasteiger partial charge in [-0.15, -0.1) is 11.3 Å². The first kappa shape index (κ1) is 10.1. The van der Waals surface area contributed by atoms with Crippen molar-refractivity contribution in [3.05, 3.63) is 50.8 Å². The normalized spacial score (nSPS) is 10.2. The molecule has 0 bridgehead atoms. The molecule has 0 saturated carbocycles. The Labute approximate surface area is 95.1 Å². The van der Waals surface area contributed by atoms with Gasteiger partial charge in [-0.1, -0.05) is 17.7 Å². The number of hydrogen-bond donors (Lipinski definition) is 0. The lowest BCUT2D eigenvalue weighted by atomic mass is 10.2. The van der Waals surface area contributed by atoms with Gasteiger partial charge in [0.25, 0.3) is 5.69 Å². The Morgan fingerprint density at radius 1 is 1.33 bits per heavy atom. The van der Waals surface area contributed by atoms with Crippen LogP contribution in [0.4, 0.5) is 5.69 Å². The number of halogens is 1. The Balaban J connectivity index is 2.47. The lowest BCUT2D eigenvalue weighted by molar-refractivity contribution is -0.384. The molecule has 76 valence electrons. The largest absolute Gasteiger partial charge is 0.287 e. The summed E-state index contributed by atoms with van der Waals surface area (Å²) in [5, 5.41) is 12.7. The maximum atomic E-state index is 10.5. The number of thiophene rings is 1. The Hall–Kier alpha value is -1.39. The minimum absolute atomic E-state index is 0.0584. The summed E-state index contributed by atoms with van der Waals surface area (Å²) >= 11 is 7.37. The molecule has 0 aliphatic heterocycles. The third kappa shape index (κ3) is 2.00. The first-order valence-electron chi connectivity index (χ1n) is 4.16. The summed E-state index contributed by atoms with van der Waals surface area (Å²) in [4.78, 5) is 11.1. The number of benzene rings is 1. The van der Waals surface area contributed by atoms with Crippen LogP contribution >= 0.6 is 22.9 Å². The van der Waals surface area contributed by atoms with E-state index in [9.17, 15) is 10.1 Å². The Kier molecular flexibility index (Phi) is 2.70. The molecule has 0 radical (unpaired) electrons. The number of nitro benzene ring substituents is 1. The second-order valence-electron chi connectivity index (χ2n) is 2.90. The first-order valence-corrected chi connectivity index (χ1v) is 5.42. The Bertz CT molecular complexity index is 496. The molecular formula is C10H6ClNO2S. The summed E-state index contributed by atoms with van der Waals surface area (Å²) in [7, 11) is 0. The lowest BCUT2D eigenvalue weighted by Gasteiger charge is -1.99. The molecule has 1 aromatic heterocycles. The van der Waals surface area contributed by atoms with Gasteiger partial charge in [-0.3, -0.25) is 10.1 Å². The van der Waals surface area contributed by atoms with E-state index in [1.54, 1.807) is 23.5 Å². The summed E-state index contributed by atoms with van der Waals surface area (Å²) in [6.45, 7) is 0. The average Bonchev–Trinajstić information content (AvgIpc) is 2.69. The zero-order valence-electron chi connectivity index (χ0n) is 7.51. The van der Waals surface area contributed by atoms with Crippen LogP contribution < -0.4 is 0 Å². The SMILES string of the molecule is O=[N+]([O-])c1ccc(-c2cccs2)cc1Cl. The van der Waals surface area contributed by atoms with Crippen molar-refractivity contribution in [3.63, 3.8) is 0 Å². The fourth-order valence-corrected chi connectivity index (χ4v) is 2.22. The fourth-order valence-electron chi connectivity index (χ4n) is 1.25. The van der Waals surface area contributed by atoms with E-state index in [0.717, 1.165) is 10.4 Å². The second-order valence-corrected chi connectivity index (χ2v) is 4.26. The van der Waals surface area contributed by atoms with Crippen LogP contribution in [0.1, 0.15) is 0 Å². The molecule has 1 aromatic carbocycles. The van der Waals surface area contributed by atoms with E-state index in [4.69, 9.17) is 11.6 Å². The van der Waals surface area contributed by atoms with E-state index >= 15 is 0 Å². The standard InChI is InChI=1S/C10H6ClNO2S/c11-8-6-7(10-2-1-5-15-10)3-4-9(8)12(13)14/h1-6H. The first-order chi connectivity index (χ1) is 7.18. The number of hydrogen-bond acceptors (Lipinski definition) is 3. The average molecular weight is 240 g/mol. The highest BCUT2D eigenvalue weighted by molar-refractivity contribution is 7.13. The highest BCUT2D eigenvalue weighted by Gasteiger charge is 2.12. The molecule has 0 amide bonds. The van der Waals surface area contributed by atoms with Gasteiger partial charge in [0.05, 0.1) is 4.92 Å². The lowest BCUT2D eigenvalue weighted by Crippen LogP contribution is -1.88. The zero-order chi connectivity index (χ0) is 10.8. The molecule has 15 heavy (non-hydrogen) atoms. The van der Waals surface area contributed by atoms with Crippen molar-refractivity contribution in [2.24, 2.45) is 0 Å². The van der Waals surface area contributed by atoms with Gasteiger partial charge in [0.2, 0.25) is 0 Å². The molecular weight excluding hydrogens is 234 g/mol. The van der Waals surface area contributed by atoms with Crippen molar-refractivity contribution in [1.82, 2.24) is 0 Å². The topological polar surface area (TPSA) is 43.1 Å². The van der Waals surface area contributed by atoms with Gasteiger partial charge in [0, 0.05) is 10.9 Å². The number of nitrogens with zero attached hydrogens (tertiary/aromatic N) is 1. The van der Waals surface area contributed by atoms with E-state index in [2.05, 4.69) is 0 Å². The molecule has 2 rings (SSSR count). The van der Waals surface area contributed by atoms with Gasteiger partial charge in [-0.2, -0.15) is 0 Å². The zero-order valence-corrected chi connectivity index (χ0v) is 9.09. The molecule has 0 fully saturated rings. The monoisotopic (exact) mass is 239 g/mol. The molecule has 0 saturated heterocycles. The summed E-state index contributed by atoms with van der Waals surface area (Å²) in [6, 6.07) is 8.62. The van der Waals surface area contributed by atoms with Crippen molar-refractivity contribution in [3.8, 4) is 10.4 Å². The van der Waals surface area contributed by atoms with Crippen LogP contribution in [0.15, 0.2) is 35.7 Å². The smallest absolute Gasteiger partial charge is 0.258 e. The quantitative estimate of drug-likeness (QED) is 0.588. The summed E-state index contributed by atoms with van der Waals surface area (Å²) in [5.41, 5.74) is 0.845. The number of nitro groups is 1. The van der Waals surface area contributed by atoms with Crippen molar-refractivity contribution in [1.29, 1.82) is 0 Å². The number of rotatable bonds is 2. The molecule has 3 nitrogen and oxygen atoms in total. The summed E-state index contributed by atoms with van der Waals surface area (Å²) < 4.78 is 0. The van der Waals surface area contributed by atoms with Crippen LogP contribution in [0, 0.1) is 10.1 Å². The molecule has 0 unspecified atom stereocenters. The van der Waals surface area contributed by atoms with Crippen LogP contribution in [-0.4, -0.2) is 4.92 Å². The molecule has 5 heteroatoms. The minimum Gasteiger partial charge on any atom is -0.258 e. The summed E-state index contributed by atoms with van der Waals surface area (Å²) in [6.07, 6.45) is 0. The van der Waals surface area contributed by atoms with Crippen LogP contribution in [-0.2, 0) is 0 Å². The van der Waals surface area contributed by atoms with Crippen LogP contribution in [0.25, 0.3) is 10.4 Å². The molecule has 0 spiro atoms. The molecule has 0 aliphatic carbocycles. The molecule has 0 N–H and O–H groups in total. The molecule has 1 heterocycles. The highest BCUT2D eigenvalue weighted by atomic mass is 35.5. The van der Waals surface area contributed by atoms with Crippen molar-refractivity contribution >= 4 is 28.6 Å². The van der Waals surface area contributed by atoms with Gasteiger partial charge >= 0.3 is 0 Å². The fraction of sp³-hybridized carbons (Fsp3) is 0. The second kappa shape index (κ2) is 4.00. The van der Waals surface area contributed by atoms with Crippen LogP contribution in [0.5, 0.6) is 0 Å². The summed E-state index contributed by atoms with van der Waals surface area (Å²) in [5.74, 6) is 0. The van der Waals surface area contributed by atoms with E-state index < -0.39 is 4.92 Å². The van der Waals surface area contributed by atoms with Crippen molar-refractivity contribution in [2.75, 3.05) is 0 Å². The predicted octanol–water partition coefficient (Wildman–Crippen LogP) is 3.98. The van der Waals surface area contributed by atoms with Gasteiger partial charge in [-0.05, 0) is 29.1 Å². The van der Waals surface area contributed by atoms with Crippen molar-refractivity contribution < 1.29 is 4.92 Å². The van der Waals surface area contributed by atoms with E-state index in [1.165, 1.54) is 6.07 Å². The minimum atomic E-state index is -0.486. The molecule has 0 atom stereocenters. The van der Waals surface area contributed by atoms with Gasteiger partial charge in [-0.25, -0.2) is 0 Å².